The summed E-state index contributed by atoms with van der Waals surface area (Å²) in [7, 11) is 0. The molecule has 0 saturated carbocycles. The zero-order valence-electron chi connectivity index (χ0n) is 10.5. The minimum Gasteiger partial charge on any atom is -0.327 e. The molecule has 106 valence electrons. The highest BCUT2D eigenvalue weighted by atomic mass is 79.9. The van der Waals surface area contributed by atoms with Crippen LogP contribution in [0.25, 0.3) is 0 Å². The van der Waals surface area contributed by atoms with Gasteiger partial charge in [-0.2, -0.15) is 0 Å². The molecule has 0 amide bonds. The van der Waals surface area contributed by atoms with Crippen LogP contribution in [-0.4, -0.2) is 6.04 Å². The molecule has 0 saturated heterocycles. The number of benzene rings is 2. The Morgan fingerprint density at radius 1 is 1.00 bits per heavy atom. The van der Waals surface area contributed by atoms with Gasteiger partial charge < -0.3 is 5.73 Å². The Balaban J connectivity index is 2.11. The first-order valence-corrected chi connectivity index (χ1v) is 6.88. The summed E-state index contributed by atoms with van der Waals surface area (Å²) in [5.74, 6) is -1.60. The van der Waals surface area contributed by atoms with Gasteiger partial charge in [0.15, 0.2) is 0 Å². The van der Waals surface area contributed by atoms with Crippen molar-refractivity contribution in [3.8, 4) is 0 Å². The van der Waals surface area contributed by atoms with Crippen LogP contribution in [0.1, 0.15) is 11.1 Å². The molecule has 2 N–H and O–H groups in total. The summed E-state index contributed by atoms with van der Waals surface area (Å²) in [6.45, 7) is 0. The van der Waals surface area contributed by atoms with Crippen molar-refractivity contribution in [2.75, 3.05) is 0 Å². The van der Waals surface area contributed by atoms with Crippen molar-refractivity contribution in [3.63, 3.8) is 0 Å². The molecule has 0 fully saturated rings. The van der Waals surface area contributed by atoms with Crippen LogP contribution in [0.15, 0.2) is 40.9 Å². The maximum atomic E-state index is 13.5. The molecule has 1 atom stereocenters. The molecule has 0 spiro atoms. The Kier molecular flexibility index (Phi) is 4.83. The van der Waals surface area contributed by atoms with Crippen molar-refractivity contribution in [1.82, 2.24) is 0 Å². The number of rotatable bonds is 4. The molecular weight excluding hydrogens is 331 g/mol. The van der Waals surface area contributed by atoms with Crippen molar-refractivity contribution in [3.05, 3.63) is 69.4 Å². The van der Waals surface area contributed by atoms with E-state index in [1.165, 1.54) is 30.3 Å². The van der Waals surface area contributed by atoms with Crippen LogP contribution in [0.5, 0.6) is 0 Å². The fourth-order valence-electron chi connectivity index (χ4n) is 2.09. The molecule has 20 heavy (non-hydrogen) atoms. The van der Waals surface area contributed by atoms with Gasteiger partial charge in [-0.15, -0.1) is 0 Å². The van der Waals surface area contributed by atoms with Crippen LogP contribution in [-0.2, 0) is 12.8 Å². The lowest BCUT2D eigenvalue weighted by atomic mass is 9.99. The van der Waals surface area contributed by atoms with Crippen molar-refractivity contribution < 1.29 is 13.2 Å². The summed E-state index contributed by atoms with van der Waals surface area (Å²) in [4.78, 5) is 0. The van der Waals surface area contributed by atoms with Crippen molar-refractivity contribution in [1.29, 1.82) is 0 Å². The third-order valence-corrected chi connectivity index (χ3v) is 3.41. The van der Waals surface area contributed by atoms with Crippen molar-refractivity contribution >= 4 is 15.9 Å². The van der Waals surface area contributed by atoms with E-state index in [1.54, 1.807) is 6.07 Å². The minimum atomic E-state index is -0.610. The molecule has 2 aromatic carbocycles. The molecule has 0 aliphatic heterocycles. The standard InChI is InChI=1S/C15H13BrF3N/c16-10-4-9(5-11(17)7-10)6-12(20)8-13-14(18)2-1-3-15(13)19/h1-5,7,12H,6,8,20H2. The highest BCUT2D eigenvalue weighted by Crippen LogP contribution is 2.18. The van der Waals surface area contributed by atoms with Gasteiger partial charge in [-0.25, -0.2) is 13.2 Å². The second-order valence-corrected chi connectivity index (χ2v) is 5.56. The summed E-state index contributed by atoms with van der Waals surface area (Å²) >= 11 is 3.19. The first kappa shape index (κ1) is 15.1. The normalized spacial score (nSPS) is 12.4. The largest absolute Gasteiger partial charge is 0.327 e. The van der Waals surface area contributed by atoms with Gasteiger partial charge in [-0.3, -0.25) is 0 Å². The fraction of sp³-hybridized carbons (Fsp3) is 0.200. The first-order chi connectivity index (χ1) is 9.45. The third kappa shape index (κ3) is 3.84. The number of hydrogen-bond acceptors (Lipinski definition) is 1. The van der Waals surface area contributed by atoms with Gasteiger partial charge in [-0.1, -0.05) is 22.0 Å². The smallest absolute Gasteiger partial charge is 0.129 e. The van der Waals surface area contributed by atoms with Crippen LogP contribution in [0.3, 0.4) is 0 Å². The molecule has 2 aromatic rings. The Labute approximate surface area is 123 Å². The number of nitrogens with two attached hydrogens (primary N) is 1. The quantitative estimate of drug-likeness (QED) is 0.892. The molecular formula is C15H13BrF3N. The van der Waals surface area contributed by atoms with Gasteiger partial charge in [-0.05, 0) is 48.7 Å². The van der Waals surface area contributed by atoms with E-state index < -0.39 is 17.7 Å². The Bertz CT molecular complexity index is 576. The average Bonchev–Trinajstić information content (AvgIpc) is 2.32. The van der Waals surface area contributed by atoms with Crippen molar-refractivity contribution in [2.24, 2.45) is 5.73 Å². The van der Waals surface area contributed by atoms with Crippen molar-refractivity contribution in [2.45, 2.75) is 18.9 Å². The molecule has 5 heteroatoms. The zero-order valence-corrected chi connectivity index (χ0v) is 12.1. The van der Waals surface area contributed by atoms with Gasteiger partial charge in [0.25, 0.3) is 0 Å². The number of halogens is 4. The van der Waals surface area contributed by atoms with Gasteiger partial charge >= 0.3 is 0 Å². The Hall–Kier alpha value is -1.33. The molecule has 0 aliphatic rings. The second-order valence-electron chi connectivity index (χ2n) is 4.65. The first-order valence-electron chi connectivity index (χ1n) is 6.09. The van der Waals surface area contributed by atoms with E-state index in [1.807, 2.05) is 0 Å². The predicted octanol–water partition coefficient (Wildman–Crippen LogP) is 3.98. The average molecular weight is 344 g/mol. The van der Waals surface area contributed by atoms with Gasteiger partial charge in [0.05, 0.1) is 0 Å². The zero-order chi connectivity index (χ0) is 14.7. The van der Waals surface area contributed by atoms with E-state index in [-0.39, 0.29) is 17.8 Å². The highest BCUT2D eigenvalue weighted by molar-refractivity contribution is 9.10. The van der Waals surface area contributed by atoms with Gasteiger partial charge in [0.2, 0.25) is 0 Å². The molecule has 0 aliphatic carbocycles. The summed E-state index contributed by atoms with van der Waals surface area (Å²) < 4.78 is 40.9. The third-order valence-electron chi connectivity index (χ3n) is 2.95. The monoisotopic (exact) mass is 343 g/mol. The number of hydrogen-bond donors (Lipinski definition) is 1. The van der Waals surface area contributed by atoms with Crippen LogP contribution in [0.4, 0.5) is 13.2 Å². The maximum Gasteiger partial charge on any atom is 0.129 e. The summed E-state index contributed by atoms with van der Waals surface area (Å²) in [5, 5.41) is 0. The van der Waals surface area contributed by atoms with E-state index >= 15 is 0 Å². The molecule has 0 heterocycles. The van der Waals surface area contributed by atoms with Crippen LogP contribution >= 0.6 is 15.9 Å². The van der Waals surface area contributed by atoms with E-state index in [2.05, 4.69) is 15.9 Å². The van der Waals surface area contributed by atoms with Crippen LogP contribution in [0, 0.1) is 17.5 Å². The van der Waals surface area contributed by atoms with Crippen LogP contribution in [0.2, 0.25) is 0 Å². The SMILES string of the molecule is NC(Cc1cc(F)cc(Br)c1)Cc1c(F)cccc1F. The fourth-order valence-corrected chi connectivity index (χ4v) is 2.61. The van der Waals surface area contributed by atoms with Gasteiger partial charge in [0, 0.05) is 16.1 Å². The lowest BCUT2D eigenvalue weighted by Gasteiger charge is -2.13. The van der Waals surface area contributed by atoms with E-state index in [0.29, 0.717) is 16.5 Å². The van der Waals surface area contributed by atoms with E-state index in [0.717, 1.165) is 0 Å². The summed E-state index contributed by atoms with van der Waals surface area (Å²) in [6, 6.07) is 7.65. The van der Waals surface area contributed by atoms with E-state index in [9.17, 15) is 13.2 Å². The lowest BCUT2D eigenvalue weighted by Crippen LogP contribution is -2.26. The summed E-state index contributed by atoms with van der Waals surface area (Å²) in [6.07, 6.45) is 0.400. The summed E-state index contributed by atoms with van der Waals surface area (Å²) in [5.41, 5.74) is 6.55. The molecule has 1 unspecified atom stereocenters. The molecule has 0 radical (unpaired) electrons. The lowest BCUT2D eigenvalue weighted by molar-refractivity contribution is 0.533. The topological polar surface area (TPSA) is 26.0 Å². The molecule has 2 rings (SSSR count). The maximum absolute atomic E-state index is 13.5. The second kappa shape index (κ2) is 6.41. The Morgan fingerprint density at radius 2 is 1.65 bits per heavy atom. The molecule has 0 bridgehead atoms. The Morgan fingerprint density at radius 3 is 2.25 bits per heavy atom. The highest BCUT2D eigenvalue weighted by Gasteiger charge is 2.14. The predicted molar refractivity (Wildman–Crippen MR) is 75.8 cm³/mol. The molecule has 0 aromatic heterocycles. The minimum absolute atomic E-state index is 0.0320. The van der Waals surface area contributed by atoms with Crippen LogP contribution < -0.4 is 5.73 Å². The van der Waals surface area contributed by atoms with Gasteiger partial charge in [0.1, 0.15) is 17.5 Å². The molecule has 1 nitrogen and oxygen atoms in total. The van der Waals surface area contributed by atoms with E-state index in [4.69, 9.17) is 5.73 Å².